The number of rotatable bonds is 9. The Kier molecular flexibility index (Phi) is 9.25. The van der Waals surface area contributed by atoms with Crippen LogP contribution in [-0.2, 0) is 13.1 Å². The number of aryl methyl sites for hydroxylation is 2. The normalized spacial score (nSPS) is 19.7. The molecule has 2 saturated carbocycles. The van der Waals surface area contributed by atoms with Crippen LogP contribution in [0.4, 0.5) is 8.78 Å². The second-order valence-electron chi connectivity index (χ2n) is 12.0. The largest absolute Gasteiger partial charge is 0.389 e. The zero-order valence-electron chi connectivity index (χ0n) is 25.3. The van der Waals surface area contributed by atoms with Gasteiger partial charge in [-0.05, 0) is 77.8 Å². The summed E-state index contributed by atoms with van der Waals surface area (Å²) in [6, 6.07) is 2.26. The second-order valence-corrected chi connectivity index (χ2v) is 12.0. The fraction of sp³-hybridized carbons (Fsp3) is 0.613. The zero-order valence-corrected chi connectivity index (χ0v) is 25.3. The van der Waals surface area contributed by atoms with Crippen LogP contribution >= 0.6 is 0 Å². The average Bonchev–Trinajstić information content (AvgIpc) is 3.57. The van der Waals surface area contributed by atoms with Crippen molar-refractivity contribution in [3.05, 3.63) is 60.1 Å². The van der Waals surface area contributed by atoms with Crippen molar-refractivity contribution in [3.63, 3.8) is 0 Å². The van der Waals surface area contributed by atoms with Gasteiger partial charge in [0.2, 0.25) is 5.92 Å². The molecule has 42 heavy (non-hydrogen) atoms. The molecule has 6 rings (SSSR count). The van der Waals surface area contributed by atoms with Gasteiger partial charge in [0.1, 0.15) is 0 Å². The third kappa shape index (κ3) is 7.35. The maximum Gasteiger partial charge on any atom is 0.251 e. The number of hydrogen-bond donors (Lipinski definition) is 2. The van der Waals surface area contributed by atoms with E-state index >= 15 is 0 Å². The van der Waals surface area contributed by atoms with Gasteiger partial charge in [0, 0.05) is 50.4 Å². The lowest BCUT2D eigenvalue weighted by molar-refractivity contribution is -0.0493. The van der Waals surface area contributed by atoms with Gasteiger partial charge in [-0.25, -0.2) is 23.3 Å². The van der Waals surface area contributed by atoms with Crippen molar-refractivity contribution >= 4 is 11.5 Å². The lowest BCUT2D eigenvalue weighted by Crippen LogP contribution is -2.34. The Balaban J connectivity index is 0.000000442. The molecule has 1 atom stereocenters. The maximum absolute atomic E-state index is 14.0. The average molecular weight is 582 g/mol. The number of alkyl halides is 2. The molecule has 11 heteroatoms. The Hall–Kier alpha value is -3.34. The number of nitrogens with zero attached hydrogens (tertiary/aromatic N) is 7. The summed E-state index contributed by atoms with van der Waals surface area (Å²) in [6.07, 6.45) is 10.5. The van der Waals surface area contributed by atoms with Gasteiger partial charge in [-0.1, -0.05) is 13.2 Å². The second kappa shape index (κ2) is 12.9. The van der Waals surface area contributed by atoms with Crippen LogP contribution in [0.2, 0.25) is 0 Å². The van der Waals surface area contributed by atoms with Gasteiger partial charge in [0.15, 0.2) is 0 Å². The van der Waals surface area contributed by atoms with Gasteiger partial charge in [-0.3, -0.25) is 9.58 Å². The van der Waals surface area contributed by atoms with Crippen LogP contribution in [0.15, 0.2) is 37.3 Å². The van der Waals surface area contributed by atoms with Crippen LogP contribution in [0.25, 0.3) is 11.5 Å². The highest BCUT2D eigenvalue weighted by atomic mass is 19.3. The third-order valence-electron chi connectivity index (χ3n) is 8.66. The highest BCUT2D eigenvalue weighted by molar-refractivity contribution is 5.59. The fourth-order valence-electron chi connectivity index (χ4n) is 5.88. The molecule has 3 aromatic rings. The van der Waals surface area contributed by atoms with E-state index in [1.54, 1.807) is 10.7 Å². The lowest BCUT2D eigenvalue weighted by atomic mass is 9.81. The molecule has 2 aliphatic carbocycles. The van der Waals surface area contributed by atoms with Gasteiger partial charge in [-0.2, -0.15) is 10.2 Å². The van der Waals surface area contributed by atoms with Gasteiger partial charge >= 0.3 is 0 Å². The molecule has 0 bridgehead atoms. The van der Waals surface area contributed by atoms with Gasteiger partial charge < -0.3 is 10.6 Å². The molecule has 1 aliphatic heterocycles. The fourth-order valence-corrected chi connectivity index (χ4v) is 5.88. The molecule has 0 amide bonds. The van der Waals surface area contributed by atoms with Crippen molar-refractivity contribution in [2.45, 2.75) is 103 Å². The summed E-state index contributed by atoms with van der Waals surface area (Å²) in [5.41, 5.74) is 5.32. The molecule has 3 aromatic heterocycles. The molecule has 0 spiro atoms. The molecule has 1 saturated heterocycles. The molecule has 3 fully saturated rings. The minimum Gasteiger partial charge on any atom is -0.389 e. The van der Waals surface area contributed by atoms with Crippen LogP contribution in [0.5, 0.6) is 0 Å². The van der Waals surface area contributed by atoms with E-state index in [9.17, 15) is 8.78 Å². The third-order valence-corrected chi connectivity index (χ3v) is 8.66. The van der Waals surface area contributed by atoms with Gasteiger partial charge in [-0.15, -0.1) is 0 Å². The zero-order chi connectivity index (χ0) is 29.9. The molecule has 9 nitrogen and oxygen atoms in total. The topological polar surface area (TPSA) is 88.2 Å². The number of imidazole rings is 1. The van der Waals surface area contributed by atoms with Crippen molar-refractivity contribution in [2.24, 2.45) is 5.92 Å². The first-order valence-corrected chi connectivity index (χ1v) is 15.3. The summed E-state index contributed by atoms with van der Waals surface area (Å²) in [5, 5.41) is 15.8. The van der Waals surface area contributed by atoms with E-state index in [4.69, 9.17) is 15.1 Å². The van der Waals surface area contributed by atoms with Crippen molar-refractivity contribution < 1.29 is 8.78 Å². The van der Waals surface area contributed by atoms with E-state index in [0.717, 1.165) is 35.9 Å². The summed E-state index contributed by atoms with van der Waals surface area (Å²) < 4.78 is 31.5. The van der Waals surface area contributed by atoms with Crippen LogP contribution in [0.3, 0.4) is 0 Å². The summed E-state index contributed by atoms with van der Waals surface area (Å²) in [6.45, 7) is 14.6. The number of allylic oxidation sites excluding steroid dienone is 1. The number of piperidine rings is 1. The van der Waals surface area contributed by atoms with E-state index in [0.29, 0.717) is 36.9 Å². The minimum atomic E-state index is -2.60. The first-order chi connectivity index (χ1) is 20.1. The summed E-state index contributed by atoms with van der Waals surface area (Å²) >= 11 is 0. The Morgan fingerprint density at radius 2 is 1.98 bits per heavy atom. The van der Waals surface area contributed by atoms with E-state index in [1.165, 1.54) is 37.8 Å². The van der Waals surface area contributed by atoms with Gasteiger partial charge in [0.25, 0.3) is 5.78 Å². The molecule has 0 aromatic carbocycles. The molecule has 228 valence electrons. The van der Waals surface area contributed by atoms with E-state index in [1.807, 2.05) is 30.8 Å². The maximum atomic E-state index is 14.0. The monoisotopic (exact) mass is 581 g/mol. The Morgan fingerprint density at radius 1 is 1.21 bits per heavy atom. The number of hydrogen-bond acceptors (Lipinski definition) is 7. The van der Waals surface area contributed by atoms with Crippen LogP contribution in [-0.4, -0.2) is 59.8 Å². The minimum absolute atomic E-state index is 0.00384. The van der Waals surface area contributed by atoms with Crippen molar-refractivity contribution in [1.29, 1.82) is 0 Å². The summed E-state index contributed by atoms with van der Waals surface area (Å²) in [7, 11) is 2.12. The molecule has 0 radical (unpaired) electrons. The smallest absolute Gasteiger partial charge is 0.251 e. The van der Waals surface area contributed by atoms with Crippen molar-refractivity contribution in [2.75, 3.05) is 13.6 Å². The Labute approximate surface area is 247 Å². The molecule has 1 unspecified atom stereocenters. The van der Waals surface area contributed by atoms with Crippen LogP contribution < -0.4 is 10.6 Å². The quantitative estimate of drug-likeness (QED) is 0.338. The lowest BCUT2D eigenvalue weighted by Gasteiger charge is -2.34. The van der Waals surface area contributed by atoms with E-state index in [2.05, 4.69) is 40.8 Å². The first kappa shape index (κ1) is 30.1. The van der Waals surface area contributed by atoms with Crippen LogP contribution in [0.1, 0.15) is 93.5 Å². The molecule has 2 N–H and O–H groups in total. The number of aromatic nitrogens is 6. The summed E-state index contributed by atoms with van der Waals surface area (Å²) in [4.78, 5) is 12.0. The molecule has 3 aliphatic rings. The van der Waals surface area contributed by atoms with Crippen LogP contribution in [0, 0.1) is 12.8 Å². The van der Waals surface area contributed by atoms with Crippen molar-refractivity contribution in [3.8, 4) is 0 Å². The predicted octanol–water partition coefficient (Wildman–Crippen LogP) is 5.64. The van der Waals surface area contributed by atoms with Crippen molar-refractivity contribution in [1.82, 2.24) is 44.9 Å². The highest BCUT2D eigenvalue weighted by Gasteiger charge is 2.39. The Bertz CT molecular complexity index is 1370. The first-order valence-electron chi connectivity index (χ1n) is 15.3. The molecular formula is C31H45F2N9. The summed E-state index contributed by atoms with van der Waals surface area (Å²) in [5.74, 6) is -2.07. The van der Waals surface area contributed by atoms with Gasteiger partial charge in [0.05, 0.1) is 40.7 Å². The van der Waals surface area contributed by atoms with E-state index < -0.39 is 5.92 Å². The Morgan fingerprint density at radius 3 is 2.60 bits per heavy atom. The number of nitrogens with one attached hydrogen (secondary N) is 2. The number of fused-ring (bicyclic) bond motifs is 1. The molecular weight excluding hydrogens is 536 g/mol. The molecule has 4 heterocycles. The SMILES string of the molecule is C=C(NC(c1cn2nc(C)c(CN(C)C3CC3)nc2n1)C1CCC(F)(F)CC1)c1ccnn1CC.C=C1CCCCN1. The standard InChI is InChI=1S/C25H34F2N8.C6H11N/c1-5-34-22(10-13-28-34)17(3)29-23(18-8-11-25(26,27)12-9-18)21-15-35-24(31-21)30-20(16(2)32-35)14-33(4)19-6-7-19;1-6-4-2-3-5-7-6/h10,13,15,18-19,23,29H,3,5-9,11-12,14H2,1-2,4H3;7H,1-5H2. The predicted molar refractivity (Wildman–Crippen MR) is 161 cm³/mol. The van der Waals surface area contributed by atoms with E-state index in [-0.39, 0.29) is 24.8 Å². The highest BCUT2D eigenvalue weighted by Crippen LogP contribution is 2.42. The number of halogens is 2.